The van der Waals surface area contributed by atoms with Crippen LogP contribution >= 0.6 is 38.6 Å². The van der Waals surface area contributed by atoms with Crippen LogP contribution in [0.5, 0.6) is 0 Å². The van der Waals surface area contributed by atoms with E-state index in [9.17, 15) is 9.59 Å². The fraction of sp³-hybridized carbons (Fsp3) is 0.150. The van der Waals surface area contributed by atoms with E-state index < -0.39 is 0 Å². The molecule has 3 heterocycles. The molecule has 0 bridgehead atoms. The minimum Gasteiger partial charge on any atom is -0.348 e. The second kappa shape index (κ2) is 7.98. The van der Waals surface area contributed by atoms with Crippen LogP contribution in [0.4, 0.5) is 0 Å². The fourth-order valence-corrected chi connectivity index (χ4v) is 4.96. The van der Waals surface area contributed by atoms with E-state index in [0.717, 1.165) is 20.5 Å². The van der Waals surface area contributed by atoms with Crippen LogP contribution in [-0.4, -0.2) is 15.5 Å². The Morgan fingerprint density at radius 3 is 2.75 bits per heavy atom. The summed E-state index contributed by atoms with van der Waals surface area (Å²) in [6, 6.07) is 11.5. The molecule has 0 radical (unpaired) electrons. The highest BCUT2D eigenvalue weighted by Crippen LogP contribution is 2.33. The highest BCUT2D eigenvalue weighted by atomic mass is 79.9. The molecule has 0 aliphatic rings. The van der Waals surface area contributed by atoms with Gasteiger partial charge in [-0.2, -0.15) is 0 Å². The van der Waals surface area contributed by atoms with E-state index in [2.05, 4.69) is 26.2 Å². The highest BCUT2D eigenvalue weighted by Gasteiger charge is 2.16. The van der Waals surface area contributed by atoms with E-state index in [4.69, 9.17) is 0 Å². The molecule has 0 aliphatic heterocycles. The summed E-state index contributed by atoms with van der Waals surface area (Å²) in [5.41, 5.74) is 1.68. The van der Waals surface area contributed by atoms with Gasteiger partial charge in [-0.1, -0.05) is 34.1 Å². The van der Waals surface area contributed by atoms with E-state index in [1.54, 1.807) is 11.3 Å². The molecule has 0 spiro atoms. The second-order valence-electron chi connectivity index (χ2n) is 6.33. The molecule has 8 heteroatoms. The standard InChI is InChI=1S/C20H16BrN3O2S2/c1-12(13-4-6-14(21)7-5-13)23-17(25)9-24-11-22-19-18(20(24)26)15(10-28-19)16-3-2-8-27-16/h2-8,10-12H,9H2,1H3,(H,23,25). The summed E-state index contributed by atoms with van der Waals surface area (Å²) in [5, 5.41) is 7.44. The average Bonchev–Trinajstić information content (AvgIpc) is 3.34. The van der Waals surface area contributed by atoms with Crippen LogP contribution in [0.2, 0.25) is 0 Å². The summed E-state index contributed by atoms with van der Waals surface area (Å²) < 4.78 is 2.36. The molecule has 142 valence electrons. The number of nitrogens with one attached hydrogen (secondary N) is 1. The van der Waals surface area contributed by atoms with Crippen LogP contribution in [0, 0.1) is 0 Å². The Kier molecular flexibility index (Phi) is 5.43. The molecule has 1 N–H and O–H groups in total. The summed E-state index contributed by atoms with van der Waals surface area (Å²) in [4.78, 5) is 31.6. The van der Waals surface area contributed by atoms with Gasteiger partial charge in [-0.05, 0) is 36.1 Å². The molecular weight excluding hydrogens is 458 g/mol. The van der Waals surface area contributed by atoms with Gasteiger partial charge in [0.1, 0.15) is 11.4 Å². The summed E-state index contributed by atoms with van der Waals surface area (Å²) in [6.45, 7) is 1.85. The zero-order chi connectivity index (χ0) is 19.7. The molecule has 5 nitrogen and oxygen atoms in total. The topological polar surface area (TPSA) is 64.0 Å². The third-order valence-corrected chi connectivity index (χ3v) is 6.73. The number of aromatic nitrogens is 2. The third-order valence-electron chi connectivity index (χ3n) is 4.41. The Bertz CT molecular complexity index is 1180. The second-order valence-corrected chi connectivity index (χ2v) is 9.05. The normalized spacial score (nSPS) is 12.2. The van der Waals surface area contributed by atoms with Gasteiger partial charge in [-0.15, -0.1) is 22.7 Å². The van der Waals surface area contributed by atoms with E-state index in [-0.39, 0.29) is 24.1 Å². The summed E-state index contributed by atoms with van der Waals surface area (Å²) in [5.74, 6) is -0.230. The summed E-state index contributed by atoms with van der Waals surface area (Å²) >= 11 is 6.42. The lowest BCUT2D eigenvalue weighted by atomic mass is 10.1. The van der Waals surface area contributed by atoms with E-state index in [0.29, 0.717) is 10.2 Å². The van der Waals surface area contributed by atoms with Gasteiger partial charge in [-0.3, -0.25) is 14.2 Å². The highest BCUT2D eigenvalue weighted by molar-refractivity contribution is 9.10. The summed E-state index contributed by atoms with van der Waals surface area (Å²) in [7, 11) is 0. The smallest absolute Gasteiger partial charge is 0.263 e. The van der Waals surface area contributed by atoms with Gasteiger partial charge in [0.25, 0.3) is 5.56 Å². The van der Waals surface area contributed by atoms with Crippen molar-refractivity contribution >= 4 is 54.7 Å². The van der Waals surface area contributed by atoms with Crippen molar-refractivity contribution in [1.29, 1.82) is 0 Å². The van der Waals surface area contributed by atoms with Gasteiger partial charge >= 0.3 is 0 Å². The number of fused-ring (bicyclic) bond motifs is 1. The molecule has 1 aromatic carbocycles. The number of nitrogens with zero attached hydrogens (tertiary/aromatic N) is 2. The number of carbonyl (C=O) groups is 1. The van der Waals surface area contributed by atoms with Crippen LogP contribution in [0.1, 0.15) is 18.5 Å². The van der Waals surface area contributed by atoms with Crippen molar-refractivity contribution in [3.63, 3.8) is 0 Å². The predicted octanol–water partition coefficient (Wildman–Crippen LogP) is 4.83. The maximum absolute atomic E-state index is 13.0. The Morgan fingerprint density at radius 2 is 2.04 bits per heavy atom. The minimum absolute atomic E-state index is 0.0671. The lowest BCUT2D eigenvalue weighted by Gasteiger charge is -2.15. The molecule has 0 saturated heterocycles. The van der Waals surface area contributed by atoms with Crippen molar-refractivity contribution in [1.82, 2.24) is 14.9 Å². The number of benzene rings is 1. The zero-order valence-corrected chi connectivity index (χ0v) is 18.1. The zero-order valence-electron chi connectivity index (χ0n) is 14.9. The number of carbonyl (C=O) groups excluding carboxylic acids is 1. The lowest BCUT2D eigenvalue weighted by molar-refractivity contribution is -0.122. The molecule has 28 heavy (non-hydrogen) atoms. The number of amides is 1. The Hall–Kier alpha value is -2.29. The van der Waals surface area contributed by atoms with Crippen molar-refractivity contribution in [3.05, 3.63) is 73.9 Å². The lowest BCUT2D eigenvalue weighted by Crippen LogP contribution is -2.33. The first kappa shape index (κ1) is 19.0. The number of halogens is 1. The first-order valence-electron chi connectivity index (χ1n) is 8.58. The molecule has 0 aliphatic carbocycles. The van der Waals surface area contributed by atoms with Crippen molar-refractivity contribution in [2.24, 2.45) is 0 Å². The van der Waals surface area contributed by atoms with Crippen LogP contribution in [0.3, 0.4) is 0 Å². The number of thiophene rings is 2. The maximum atomic E-state index is 13.0. The largest absolute Gasteiger partial charge is 0.348 e. The molecule has 0 saturated carbocycles. The van der Waals surface area contributed by atoms with Crippen LogP contribution in [0.25, 0.3) is 20.7 Å². The molecular formula is C20H16BrN3O2S2. The number of hydrogen-bond acceptors (Lipinski definition) is 5. The van der Waals surface area contributed by atoms with Crippen molar-refractivity contribution in [2.75, 3.05) is 0 Å². The van der Waals surface area contributed by atoms with Gasteiger partial charge < -0.3 is 5.32 Å². The monoisotopic (exact) mass is 473 g/mol. The molecule has 4 aromatic rings. The SMILES string of the molecule is CC(NC(=O)Cn1cnc2scc(-c3cccs3)c2c1=O)c1ccc(Br)cc1. The van der Waals surface area contributed by atoms with Crippen LogP contribution < -0.4 is 10.9 Å². The predicted molar refractivity (Wildman–Crippen MR) is 118 cm³/mol. The van der Waals surface area contributed by atoms with Gasteiger partial charge in [0.2, 0.25) is 5.91 Å². The van der Waals surface area contributed by atoms with E-state index in [1.165, 1.54) is 22.2 Å². The van der Waals surface area contributed by atoms with E-state index in [1.807, 2.05) is 54.1 Å². The van der Waals surface area contributed by atoms with Gasteiger partial charge in [-0.25, -0.2) is 4.98 Å². The van der Waals surface area contributed by atoms with Gasteiger partial charge in [0.15, 0.2) is 0 Å². The van der Waals surface area contributed by atoms with Crippen LogP contribution in [0.15, 0.2) is 62.8 Å². The minimum atomic E-state index is -0.230. The first-order valence-corrected chi connectivity index (χ1v) is 11.1. The van der Waals surface area contributed by atoms with Crippen LogP contribution in [-0.2, 0) is 11.3 Å². The average molecular weight is 474 g/mol. The first-order chi connectivity index (χ1) is 13.5. The van der Waals surface area contributed by atoms with Gasteiger partial charge in [0.05, 0.1) is 17.8 Å². The molecule has 1 atom stereocenters. The van der Waals surface area contributed by atoms with E-state index >= 15 is 0 Å². The fourth-order valence-electron chi connectivity index (χ4n) is 2.97. The van der Waals surface area contributed by atoms with Crippen molar-refractivity contribution < 1.29 is 4.79 Å². The molecule has 0 fully saturated rings. The molecule has 4 rings (SSSR count). The quantitative estimate of drug-likeness (QED) is 0.451. The molecule has 3 aromatic heterocycles. The summed E-state index contributed by atoms with van der Waals surface area (Å²) in [6.07, 6.45) is 1.45. The van der Waals surface area contributed by atoms with Gasteiger partial charge in [0, 0.05) is 20.3 Å². The Labute approximate surface area is 177 Å². The number of rotatable bonds is 5. The molecule has 1 unspecified atom stereocenters. The number of hydrogen-bond donors (Lipinski definition) is 1. The third kappa shape index (κ3) is 3.80. The Balaban J connectivity index is 1.57. The van der Waals surface area contributed by atoms with Crippen molar-refractivity contribution in [3.8, 4) is 10.4 Å². The maximum Gasteiger partial charge on any atom is 0.263 e. The Morgan fingerprint density at radius 1 is 1.25 bits per heavy atom. The molecule has 1 amide bonds. The van der Waals surface area contributed by atoms with Crippen molar-refractivity contribution in [2.45, 2.75) is 19.5 Å².